The summed E-state index contributed by atoms with van der Waals surface area (Å²) in [6.07, 6.45) is -0.149. The number of aromatic hydroxyl groups is 2. The molecule has 0 spiro atoms. The van der Waals surface area contributed by atoms with Gasteiger partial charge in [0.15, 0.2) is 11.6 Å². The van der Waals surface area contributed by atoms with E-state index >= 15 is 0 Å². The first kappa shape index (κ1) is 16.6. The Hall–Kier alpha value is -3.28. The number of ketones is 4. The van der Waals surface area contributed by atoms with E-state index in [9.17, 15) is 29.4 Å². The first-order valence-corrected chi connectivity index (χ1v) is 7.54. The van der Waals surface area contributed by atoms with E-state index in [-0.39, 0.29) is 51.3 Å². The van der Waals surface area contributed by atoms with Crippen molar-refractivity contribution in [2.75, 3.05) is 0 Å². The number of benzene rings is 2. The van der Waals surface area contributed by atoms with Crippen molar-refractivity contribution in [1.82, 2.24) is 0 Å². The molecule has 0 fully saturated rings. The fraction of sp³-hybridized carbons (Fsp3) is 0.158. The van der Waals surface area contributed by atoms with Crippen LogP contribution >= 0.6 is 0 Å². The summed E-state index contributed by atoms with van der Waals surface area (Å²) in [6.45, 7) is 2.55. The molecule has 0 radical (unpaired) electrons. The lowest BCUT2D eigenvalue weighted by molar-refractivity contribution is -0.116. The topological polar surface area (TPSA) is 109 Å². The van der Waals surface area contributed by atoms with Gasteiger partial charge in [-0.3, -0.25) is 19.2 Å². The van der Waals surface area contributed by atoms with Crippen LogP contribution < -0.4 is 0 Å². The molecule has 126 valence electrons. The third-order valence-corrected chi connectivity index (χ3v) is 4.15. The quantitative estimate of drug-likeness (QED) is 0.709. The van der Waals surface area contributed by atoms with E-state index in [0.29, 0.717) is 0 Å². The van der Waals surface area contributed by atoms with Crippen LogP contribution in [0.5, 0.6) is 11.5 Å². The van der Waals surface area contributed by atoms with Crippen LogP contribution in [0.25, 0.3) is 0 Å². The van der Waals surface area contributed by atoms with Crippen LogP contribution in [0.1, 0.15) is 61.6 Å². The first-order valence-electron chi connectivity index (χ1n) is 7.54. The summed E-state index contributed by atoms with van der Waals surface area (Å²) in [7, 11) is 0. The Bertz CT molecular complexity index is 984. The molecule has 6 heteroatoms. The Kier molecular flexibility index (Phi) is 3.75. The van der Waals surface area contributed by atoms with E-state index in [4.69, 9.17) is 0 Å². The van der Waals surface area contributed by atoms with Crippen molar-refractivity contribution in [2.24, 2.45) is 0 Å². The van der Waals surface area contributed by atoms with Crippen LogP contribution in [0.3, 0.4) is 0 Å². The highest BCUT2D eigenvalue weighted by atomic mass is 16.3. The molecule has 25 heavy (non-hydrogen) atoms. The maximum Gasteiger partial charge on any atom is 0.201 e. The average Bonchev–Trinajstić information content (AvgIpc) is 2.50. The Labute approximate surface area is 142 Å². The fourth-order valence-electron chi connectivity index (χ4n) is 3.22. The minimum Gasteiger partial charge on any atom is -0.507 e. The SMILES string of the molecule is CC(=O)Cc1cc(O)c2c(c1C(C)=O)C(=O)c1cccc(O)c1C2=O. The normalized spacial score (nSPS) is 12.6. The van der Waals surface area contributed by atoms with Crippen molar-refractivity contribution in [3.63, 3.8) is 0 Å². The standard InChI is InChI=1S/C19H14O6/c1-8(20)6-10-7-13(23)16-17(14(10)9(2)21)18(24)11-4-3-5-12(22)15(11)19(16)25/h3-5,7,22-23H,6H2,1-2H3. The second-order valence-electron chi connectivity index (χ2n) is 5.97. The Morgan fingerprint density at radius 1 is 0.920 bits per heavy atom. The maximum absolute atomic E-state index is 12.9. The van der Waals surface area contributed by atoms with Crippen molar-refractivity contribution < 1.29 is 29.4 Å². The highest BCUT2D eigenvalue weighted by molar-refractivity contribution is 6.32. The van der Waals surface area contributed by atoms with E-state index < -0.39 is 23.1 Å². The Morgan fingerprint density at radius 3 is 2.20 bits per heavy atom. The van der Waals surface area contributed by atoms with E-state index in [2.05, 4.69) is 0 Å². The van der Waals surface area contributed by atoms with Crippen molar-refractivity contribution in [2.45, 2.75) is 20.3 Å². The lowest BCUT2D eigenvalue weighted by atomic mass is 9.78. The molecule has 0 bridgehead atoms. The molecule has 0 aromatic heterocycles. The van der Waals surface area contributed by atoms with Gasteiger partial charge in [0.1, 0.15) is 17.3 Å². The number of carbonyl (C=O) groups is 4. The number of phenols is 2. The van der Waals surface area contributed by atoms with Gasteiger partial charge in [-0.05, 0) is 31.5 Å². The Morgan fingerprint density at radius 2 is 1.60 bits per heavy atom. The lowest BCUT2D eigenvalue weighted by Gasteiger charge is -2.22. The molecular weight excluding hydrogens is 324 g/mol. The van der Waals surface area contributed by atoms with E-state index in [1.54, 1.807) is 0 Å². The molecule has 0 aliphatic heterocycles. The number of fused-ring (bicyclic) bond motifs is 2. The van der Waals surface area contributed by atoms with E-state index in [0.717, 1.165) is 6.07 Å². The molecular formula is C19H14O6. The third-order valence-electron chi connectivity index (χ3n) is 4.15. The molecule has 2 aromatic carbocycles. The molecule has 0 heterocycles. The first-order chi connectivity index (χ1) is 11.7. The molecule has 6 nitrogen and oxygen atoms in total. The minimum atomic E-state index is -0.739. The van der Waals surface area contributed by atoms with Gasteiger partial charge in [-0.1, -0.05) is 12.1 Å². The summed E-state index contributed by atoms with van der Waals surface area (Å²) >= 11 is 0. The van der Waals surface area contributed by atoms with Crippen LogP contribution in [-0.4, -0.2) is 33.3 Å². The van der Waals surface area contributed by atoms with E-state index in [1.807, 2.05) is 0 Å². The van der Waals surface area contributed by atoms with Gasteiger partial charge in [-0.25, -0.2) is 0 Å². The number of carbonyl (C=O) groups excluding carboxylic acids is 4. The lowest BCUT2D eigenvalue weighted by Crippen LogP contribution is -2.25. The summed E-state index contributed by atoms with van der Waals surface area (Å²) in [5.41, 5.74) is -0.636. The summed E-state index contributed by atoms with van der Waals surface area (Å²) in [6, 6.07) is 5.21. The summed E-state index contributed by atoms with van der Waals surface area (Å²) in [5.74, 6) is -3.00. The van der Waals surface area contributed by atoms with Crippen LogP contribution in [0.4, 0.5) is 0 Å². The number of hydrogen-bond donors (Lipinski definition) is 2. The molecule has 2 N–H and O–H groups in total. The number of rotatable bonds is 3. The van der Waals surface area contributed by atoms with Crippen LogP contribution in [-0.2, 0) is 11.2 Å². The van der Waals surface area contributed by atoms with Gasteiger partial charge in [0.25, 0.3) is 0 Å². The van der Waals surface area contributed by atoms with Gasteiger partial charge in [0, 0.05) is 23.1 Å². The molecule has 1 aliphatic rings. The minimum absolute atomic E-state index is 0.0422. The summed E-state index contributed by atoms with van der Waals surface area (Å²) < 4.78 is 0. The van der Waals surface area contributed by atoms with Gasteiger partial charge in [0.2, 0.25) is 5.78 Å². The van der Waals surface area contributed by atoms with Crippen LogP contribution in [0, 0.1) is 0 Å². The van der Waals surface area contributed by atoms with Gasteiger partial charge in [-0.15, -0.1) is 0 Å². The highest BCUT2D eigenvalue weighted by Gasteiger charge is 2.37. The van der Waals surface area contributed by atoms with Gasteiger partial charge >= 0.3 is 0 Å². The largest absolute Gasteiger partial charge is 0.507 e. The second-order valence-corrected chi connectivity index (χ2v) is 5.97. The Balaban J connectivity index is 2.41. The molecule has 2 aromatic rings. The highest BCUT2D eigenvalue weighted by Crippen LogP contribution is 2.39. The second kappa shape index (κ2) is 5.66. The number of hydrogen-bond acceptors (Lipinski definition) is 6. The molecule has 0 saturated carbocycles. The number of Topliss-reactive ketones (excluding diaryl/α,β-unsaturated/α-hetero) is 2. The molecule has 3 rings (SSSR count). The van der Waals surface area contributed by atoms with Crippen molar-refractivity contribution >= 4 is 23.1 Å². The van der Waals surface area contributed by atoms with Gasteiger partial charge in [-0.2, -0.15) is 0 Å². The number of phenolic OH excluding ortho intramolecular Hbond substituents is 2. The maximum atomic E-state index is 12.9. The molecule has 0 atom stereocenters. The zero-order chi connectivity index (χ0) is 18.5. The average molecular weight is 338 g/mol. The molecule has 0 saturated heterocycles. The van der Waals surface area contributed by atoms with Gasteiger partial charge < -0.3 is 10.2 Å². The fourth-order valence-corrected chi connectivity index (χ4v) is 3.22. The molecule has 1 aliphatic carbocycles. The van der Waals surface area contributed by atoms with Crippen molar-refractivity contribution in [1.29, 1.82) is 0 Å². The van der Waals surface area contributed by atoms with Crippen molar-refractivity contribution in [3.8, 4) is 11.5 Å². The summed E-state index contributed by atoms with van der Waals surface area (Å²) in [4.78, 5) is 49.3. The molecule has 0 unspecified atom stereocenters. The summed E-state index contributed by atoms with van der Waals surface area (Å²) in [5, 5.41) is 20.2. The molecule has 0 amide bonds. The zero-order valence-corrected chi connectivity index (χ0v) is 13.5. The van der Waals surface area contributed by atoms with Crippen LogP contribution in [0.2, 0.25) is 0 Å². The van der Waals surface area contributed by atoms with Gasteiger partial charge in [0.05, 0.1) is 11.1 Å². The predicted octanol–water partition coefficient (Wildman–Crippen LogP) is 2.21. The van der Waals surface area contributed by atoms with E-state index in [1.165, 1.54) is 32.0 Å². The monoisotopic (exact) mass is 338 g/mol. The predicted molar refractivity (Wildman–Crippen MR) is 87.5 cm³/mol. The van der Waals surface area contributed by atoms with Crippen LogP contribution in [0.15, 0.2) is 24.3 Å². The smallest absolute Gasteiger partial charge is 0.201 e. The van der Waals surface area contributed by atoms with Crippen molar-refractivity contribution in [3.05, 3.63) is 57.6 Å². The third kappa shape index (κ3) is 2.42. The zero-order valence-electron chi connectivity index (χ0n) is 13.5.